The van der Waals surface area contributed by atoms with Crippen molar-refractivity contribution in [3.63, 3.8) is 0 Å². The van der Waals surface area contributed by atoms with Crippen molar-refractivity contribution >= 4 is 32.5 Å². The molecule has 0 aliphatic rings. The average Bonchev–Trinajstić information content (AvgIpc) is 2.54. The van der Waals surface area contributed by atoms with Crippen LogP contribution in [0.1, 0.15) is 10.4 Å². The molecule has 3 rings (SSSR count). The van der Waals surface area contributed by atoms with E-state index in [-0.39, 0.29) is 11.1 Å². The third-order valence-corrected chi connectivity index (χ3v) is 4.45. The summed E-state index contributed by atoms with van der Waals surface area (Å²) in [5, 5.41) is 13.5. The second-order valence-electron chi connectivity index (χ2n) is 5.12. The summed E-state index contributed by atoms with van der Waals surface area (Å²) < 4.78 is 32.8. The van der Waals surface area contributed by atoms with Crippen LogP contribution >= 0.6 is 0 Å². The highest BCUT2D eigenvalue weighted by Crippen LogP contribution is 2.38. The molecule has 0 heterocycles. The molecule has 0 bridgehead atoms. The van der Waals surface area contributed by atoms with Gasteiger partial charge in [-0.15, -0.1) is 0 Å². The molecule has 3 aromatic rings. The van der Waals surface area contributed by atoms with Crippen molar-refractivity contribution in [1.82, 2.24) is 0 Å². The molecule has 3 aromatic carbocycles. The normalized spacial score (nSPS) is 11.4. The summed E-state index contributed by atoms with van der Waals surface area (Å²) in [5.41, 5.74) is 0.119. The summed E-state index contributed by atoms with van der Waals surface area (Å²) in [6.45, 7) is 0. The number of fused-ring (bicyclic) bond motifs is 1. The van der Waals surface area contributed by atoms with Crippen LogP contribution in [0.2, 0.25) is 0 Å². The second-order valence-corrected chi connectivity index (χ2v) is 6.48. The Hall–Kier alpha value is -2.90. The largest absolute Gasteiger partial charge is 0.506 e. The number of nitrogens with one attached hydrogen (secondary N) is 1. The number of phenols is 1. The van der Waals surface area contributed by atoms with Crippen LogP contribution in [0, 0.1) is 0 Å². The minimum absolute atomic E-state index is 0.192. The van der Waals surface area contributed by atoms with Gasteiger partial charge in [-0.3, -0.25) is 9.35 Å². The van der Waals surface area contributed by atoms with Crippen LogP contribution in [-0.4, -0.2) is 24.0 Å². The number of amides is 1. The number of hydrogen-bond acceptors (Lipinski definition) is 4. The number of benzene rings is 3. The van der Waals surface area contributed by atoms with Gasteiger partial charge in [0.25, 0.3) is 16.0 Å². The fourth-order valence-electron chi connectivity index (χ4n) is 2.45. The lowest BCUT2D eigenvalue weighted by molar-refractivity contribution is 0.102. The summed E-state index contributed by atoms with van der Waals surface area (Å²) in [7, 11) is -4.75. The van der Waals surface area contributed by atoms with E-state index in [0.717, 1.165) is 0 Å². The van der Waals surface area contributed by atoms with Crippen LogP contribution in [0.25, 0.3) is 10.8 Å². The molecule has 0 spiro atoms. The van der Waals surface area contributed by atoms with Crippen molar-refractivity contribution in [3.05, 3.63) is 66.2 Å². The fraction of sp³-hybridized carbons (Fsp3) is 0. The number of anilines is 1. The van der Waals surface area contributed by atoms with Gasteiger partial charge in [0.2, 0.25) is 0 Å². The molecular formula is C17H13NO5S. The Bertz CT molecular complexity index is 1030. The molecule has 122 valence electrons. The molecule has 0 fully saturated rings. The smallest absolute Gasteiger partial charge is 0.300 e. The van der Waals surface area contributed by atoms with Crippen LogP contribution in [0.5, 0.6) is 5.75 Å². The van der Waals surface area contributed by atoms with Gasteiger partial charge in [-0.1, -0.05) is 42.5 Å². The maximum atomic E-state index is 12.3. The third kappa shape index (κ3) is 2.94. The van der Waals surface area contributed by atoms with Crippen LogP contribution in [0.3, 0.4) is 0 Å². The topological polar surface area (TPSA) is 104 Å². The summed E-state index contributed by atoms with van der Waals surface area (Å²) >= 11 is 0. The molecular weight excluding hydrogens is 330 g/mol. The number of hydrogen-bond donors (Lipinski definition) is 3. The zero-order valence-electron chi connectivity index (χ0n) is 12.3. The fourth-order valence-corrected chi connectivity index (χ4v) is 3.19. The lowest BCUT2D eigenvalue weighted by Gasteiger charge is -2.13. The van der Waals surface area contributed by atoms with Gasteiger partial charge in [0.05, 0.1) is 5.69 Å². The van der Waals surface area contributed by atoms with E-state index in [1.807, 2.05) is 0 Å². The van der Waals surface area contributed by atoms with Crippen LogP contribution < -0.4 is 5.32 Å². The van der Waals surface area contributed by atoms with Crippen LogP contribution in [-0.2, 0) is 10.1 Å². The van der Waals surface area contributed by atoms with Crippen LogP contribution in [0.15, 0.2) is 65.6 Å². The quantitative estimate of drug-likeness (QED) is 0.634. The third-order valence-electron chi connectivity index (χ3n) is 3.52. The van der Waals surface area contributed by atoms with Crippen LogP contribution in [0.4, 0.5) is 5.69 Å². The molecule has 0 aromatic heterocycles. The number of phenolic OH excluding ortho intramolecular Hbond substituents is 1. The molecule has 7 heteroatoms. The summed E-state index contributed by atoms with van der Waals surface area (Å²) in [5.74, 6) is -1.17. The molecule has 3 N–H and O–H groups in total. The Morgan fingerprint density at radius 2 is 1.58 bits per heavy atom. The van der Waals surface area contributed by atoms with E-state index in [0.29, 0.717) is 10.9 Å². The maximum Gasteiger partial charge on any atom is 0.300 e. The number of rotatable bonds is 3. The molecule has 0 aliphatic carbocycles. The first-order valence-electron chi connectivity index (χ1n) is 6.96. The minimum Gasteiger partial charge on any atom is -0.506 e. The van der Waals surface area contributed by atoms with Gasteiger partial charge in [-0.2, -0.15) is 8.42 Å². The predicted molar refractivity (Wildman–Crippen MR) is 89.8 cm³/mol. The number of aromatic hydroxyl groups is 1. The molecule has 0 radical (unpaired) electrons. The maximum absolute atomic E-state index is 12.3. The summed E-state index contributed by atoms with van der Waals surface area (Å²) in [4.78, 5) is 11.5. The Morgan fingerprint density at radius 3 is 2.25 bits per heavy atom. The highest BCUT2D eigenvalue weighted by molar-refractivity contribution is 7.86. The molecule has 0 saturated carbocycles. The summed E-state index contributed by atoms with van der Waals surface area (Å²) in [6.07, 6.45) is 0. The first kappa shape index (κ1) is 16.0. The predicted octanol–water partition coefficient (Wildman–Crippen LogP) is 3.04. The van der Waals surface area contributed by atoms with E-state index in [2.05, 4.69) is 5.32 Å². The average molecular weight is 343 g/mol. The van der Waals surface area contributed by atoms with Gasteiger partial charge in [-0.25, -0.2) is 0 Å². The van der Waals surface area contributed by atoms with Crippen molar-refractivity contribution in [2.45, 2.75) is 4.90 Å². The Morgan fingerprint density at radius 1 is 0.958 bits per heavy atom. The molecule has 0 unspecified atom stereocenters. The Kier molecular flexibility index (Phi) is 3.96. The lowest BCUT2D eigenvalue weighted by atomic mass is 10.1. The molecule has 0 saturated heterocycles. The monoisotopic (exact) mass is 343 g/mol. The lowest BCUT2D eigenvalue weighted by Crippen LogP contribution is -2.15. The zero-order chi connectivity index (χ0) is 17.3. The Balaban J connectivity index is 2.18. The van der Waals surface area contributed by atoms with E-state index in [1.54, 1.807) is 48.5 Å². The SMILES string of the molecule is O=C(Nc1cc2ccccc2c(O)c1S(=O)(=O)O)c1ccccc1. The zero-order valence-corrected chi connectivity index (χ0v) is 13.1. The number of carbonyl (C=O) groups is 1. The standard InChI is InChI=1S/C17H13NO5S/c19-15-13-9-5-4-8-12(13)10-14(16(15)24(21,22)23)18-17(20)11-6-2-1-3-7-11/h1-10,19H,(H,18,20)(H,21,22,23). The van der Waals surface area contributed by atoms with Gasteiger partial charge < -0.3 is 10.4 Å². The van der Waals surface area contributed by atoms with Gasteiger partial charge in [-0.05, 0) is 23.6 Å². The van der Waals surface area contributed by atoms with Crippen molar-refractivity contribution in [2.24, 2.45) is 0 Å². The Labute approximate surface area is 138 Å². The minimum atomic E-state index is -4.75. The molecule has 0 aliphatic heterocycles. The second kappa shape index (κ2) is 5.95. The van der Waals surface area contributed by atoms with Gasteiger partial charge >= 0.3 is 0 Å². The molecule has 0 atom stereocenters. The highest BCUT2D eigenvalue weighted by atomic mass is 32.2. The van der Waals surface area contributed by atoms with Gasteiger partial charge in [0, 0.05) is 10.9 Å². The highest BCUT2D eigenvalue weighted by Gasteiger charge is 2.24. The van der Waals surface area contributed by atoms with E-state index in [9.17, 15) is 22.9 Å². The first-order chi connectivity index (χ1) is 11.4. The van der Waals surface area contributed by atoms with Gasteiger partial charge in [0.1, 0.15) is 5.75 Å². The van der Waals surface area contributed by atoms with Gasteiger partial charge in [0.15, 0.2) is 4.90 Å². The van der Waals surface area contributed by atoms with Crippen molar-refractivity contribution in [2.75, 3.05) is 5.32 Å². The van der Waals surface area contributed by atoms with Crippen molar-refractivity contribution < 1.29 is 22.9 Å². The molecule has 1 amide bonds. The first-order valence-corrected chi connectivity index (χ1v) is 8.40. The van der Waals surface area contributed by atoms with E-state index < -0.39 is 26.7 Å². The molecule has 6 nitrogen and oxygen atoms in total. The van der Waals surface area contributed by atoms with E-state index in [4.69, 9.17) is 0 Å². The van der Waals surface area contributed by atoms with Crippen molar-refractivity contribution in [3.8, 4) is 5.75 Å². The summed E-state index contributed by atoms with van der Waals surface area (Å²) in [6, 6.07) is 16.1. The van der Waals surface area contributed by atoms with E-state index >= 15 is 0 Å². The number of carbonyl (C=O) groups excluding carboxylic acids is 1. The molecule has 24 heavy (non-hydrogen) atoms. The van der Waals surface area contributed by atoms with E-state index in [1.165, 1.54) is 12.1 Å². The van der Waals surface area contributed by atoms with Crippen molar-refractivity contribution in [1.29, 1.82) is 0 Å².